The molecule has 0 saturated heterocycles. The van der Waals surface area contributed by atoms with Crippen LogP contribution in [0.3, 0.4) is 0 Å². The first-order valence-corrected chi connectivity index (χ1v) is 9.85. The predicted molar refractivity (Wildman–Crippen MR) is 103 cm³/mol. The molecule has 0 unspecified atom stereocenters. The number of fused-ring (bicyclic) bond motifs is 1. The lowest BCUT2D eigenvalue weighted by Crippen LogP contribution is -2.16. The molecule has 0 heterocycles. The van der Waals surface area contributed by atoms with Crippen molar-refractivity contribution in [2.75, 3.05) is 11.1 Å². The zero-order valence-corrected chi connectivity index (χ0v) is 15.3. The van der Waals surface area contributed by atoms with Crippen molar-refractivity contribution < 1.29 is 4.79 Å². The molecule has 1 aliphatic carbocycles. The Bertz CT molecular complexity index is 716. The van der Waals surface area contributed by atoms with Gasteiger partial charge in [-0.2, -0.15) is 0 Å². The number of rotatable bonds is 6. The first kappa shape index (κ1) is 17.1. The molecule has 0 fully saturated rings. The molecule has 24 heavy (non-hydrogen) atoms. The lowest BCUT2D eigenvalue weighted by Gasteiger charge is -2.14. The van der Waals surface area contributed by atoms with E-state index in [4.69, 9.17) is 0 Å². The van der Waals surface area contributed by atoms with Crippen LogP contribution < -0.4 is 5.32 Å². The van der Waals surface area contributed by atoms with Crippen LogP contribution in [-0.2, 0) is 30.5 Å². The number of hydrogen-bond donors (Lipinski definition) is 1. The van der Waals surface area contributed by atoms with Gasteiger partial charge in [-0.05, 0) is 66.5 Å². The smallest absolute Gasteiger partial charge is 0.234 e. The minimum absolute atomic E-state index is 0.0797. The van der Waals surface area contributed by atoms with Crippen LogP contribution in [0.1, 0.15) is 42.5 Å². The molecular weight excluding hydrogens is 314 g/mol. The summed E-state index contributed by atoms with van der Waals surface area (Å²) < 4.78 is 0. The molecule has 0 aromatic heterocycles. The molecule has 2 aromatic rings. The van der Waals surface area contributed by atoms with Crippen molar-refractivity contribution in [1.29, 1.82) is 0 Å². The van der Waals surface area contributed by atoms with Crippen molar-refractivity contribution in [2.45, 2.75) is 50.8 Å². The van der Waals surface area contributed by atoms with Crippen molar-refractivity contribution in [3.8, 4) is 0 Å². The molecule has 1 amide bonds. The van der Waals surface area contributed by atoms with E-state index in [1.807, 2.05) is 0 Å². The van der Waals surface area contributed by atoms with E-state index in [0.717, 1.165) is 18.5 Å². The fraction of sp³-hybridized carbons (Fsp3) is 0.381. The number of nitrogens with one attached hydrogen (secondary N) is 1. The number of carbonyl (C=O) groups excluding carboxylic acids is 1. The molecule has 0 aliphatic heterocycles. The summed E-state index contributed by atoms with van der Waals surface area (Å²) in [5.41, 5.74) is 6.38. The summed E-state index contributed by atoms with van der Waals surface area (Å²) in [6.07, 6.45) is 5.51. The Hall–Kier alpha value is -1.74. The Morgan fingerprint density at radius 1 is 1.04 bits per heavy atom. The van der Waals surface area contributed by atoms with Crippen LogP contribution in [0.25, 0.3) is 0 Å². The number of amides is 1. The van der Waals surface area contributed by atoms with Crippen LogP contribution >= 0.6 is 11.8 Å². The number of thioether (sulfide) groups is 1. The Morgan fingerprint density at radius 3 is 2.46 bits per heavy atom. The summed E-state index contributed by atoms with van der Waals surface area (Å²) in [6.45, 7) is 4.26. The quantitative estimate of drug-likeness (QED) is 0.748. The number of para-hydroxylation sites is 1. The molecule has 2 nitrogen and oxygen atoms in total. The zero-order chi connectivity index (χ0) is 16.9. The third kappa shape index (κ3) is 3.84. The SMILES string of the molecule is CCc1cccc(CC)c1NC(=O)CSc1ccc2c(c1)CCC2. The Kier molecular flexibility index (Phi) is 5.62. The molecule has 1 aliphatic rings. The Morgan fingerprint density at radius 2 is 1.75 bits per heavy atom. The van der Waals surface area contributed by atoms with Crippen LogP contribution in [-0.4, -0.2) is 11.7 Å². The summed E-state index contributed by atoms with van der Waals surface area (Å²) >= 11 is 1.63. The maximum absolute atomic E-state index is 12.4. The number of benzene rings is 2. The van der Waals surface area contributed by atoms with Crippen molar-refractivity contribution in [2.24, 2.45) is 0 Å². The largest absolute Gasteiger partial charge is 0.325 e. The van der Waals surface area contributed by atoms with Gasteiger partial charge in [-0.15, -0.1) is 11.8 Å². The number of hydrogen-bond acceptors (Lipinski definition) is 2. The number of aryl methyl sites for hydroxylation is 4. The maximum Gasteiger partial charge on any atom is 0.234 e. The van der Waals surface area contributed by atoms with Crippen molar-refractivity contribution >= 4 is 23.4 Å². The monoisotopic (exact) mass is 339 g/mol. The van der Waals surface area contributed by atoms with E-state index in [1.165, 1.54) is 46.4 Å². The minimum atomic E-state index is 0.0797. The van der Waals surface area contributed by atoms with E-state index in [9.17, 15) is 4.79 Å². The average molecular weight is 340 g/mol. The Labute approximate surface area is 149 Å². The van der Waals surface area contributed by atoms with Crippen LogP contribution in [0.2, 0.25) is 0 Å². The van der Waals surface area contributed by atoms with Crippen LogP contribution in [0, 0.1) is 0 Å². The molecule has 0 radical (unpaired) electrons. The molecule has 0 bridgehead atoms. The van der Waals surface area contributed by atoms with Gasteiger partial charge in [0, 0.05) is 10.6 Å². The summed E-state index contributed by atoms with van der Waals surface area (Å²) in [7, 11) is 0. The highest BCUT2D eigenvalue weighted by Crippen LogP contribution is 2.28. The van der Waals surface area contributed by atoms with Crippen molar-refractivity contribution in [1.82, 2.24) is 0 Å². The maximum atomic E-state index is 12.4. The van der Waals surface area contributed by atoms with E-state index in [0.29, 0.717) is 5.75 Å². The highest BCUT2D eigenvalue weighted by molar-refractivity contribution is 8.00. The summed E-state index contributed by atoms with van der Waals surface area (Å²) in [5, 5.41) is 3.14. The van der Waals surface area contributed by atoms with E-state index in [1.54, 1.807) is 11.8 Å². The highest BCUT2D eigenvalue weighted by atomic mass is 32.2. The van der Waals surface area contributed by atoms with Crippen LogP contribution in [0.15, 0.2) is 41.3 Å². The third-order valence-corrected chi connectivity index (χ3v) is 5.70. The summed E-state index contributed by atoms with van der Waals surface area (Å²) in [6, 6.07) is 12.9. The average Bonchev–Trinajstić information content (AvgIpc) is 3.07. The second-order valence-corrected chi connectivity index (χ2v) is 7.33. The van der Waals surface area contributed by atoms with Crippen molar-refractivity contribution in [3.63, 3.8) is 0 Å². The lowest BCUT2D eigenvalue weighted by atomic mass is 10.0. The number of anilines is 1. The van der Waals surface area contributed by atoms with Gasteiger partial charge in [-0.3, -0.25) is 4.79 Å². The van der Waals surface area contributed by atoms with Gasteiger partial charge in [0.05, 0.1) is 5.75 Å². The van der Waals surface area contributed by atoms with Gasteiger partial charge in [0.1, 0.15) is 0 Å². The molecule has 0 atom stereocenters. The fourth-order valence-corrected chi connectivity index (χ4v) is 4.13. The van der Waals surface area contributed by atoms with Gasteiger partial charge in [-0.25, -0.2) is 0 Å². The van der Waals surface area contributed by atoms with E-state index in [2.05, 4.69) is 55.6 Å². The lowest BCUT2D eigenvalue weighted by molar-refractivity contribution is -0.113. The fourth-order valence-electron chi connectivity index (χ4n) is 3.37. The highest BCUT2D eigenvalue weighted by Gasteiger charge is 2.13. The van der Waals surface area contributed by atoms with Gasteiger partial charge in [0.25, 0.3) is 0 Å². The molecular formula is C21H25NOS. The van der Waals surface area contributed by atoms with Crippen LogP contribution in [0.4, 0.5) is 5.69 Å². The molecule has 3 heteroatoms. The second-order valence-electron chi connectivity index (χ2n) is 6.28. The second kappa shape index (κ2) is 7.89. The van der Waals surface area contributed by atoms with E-state index < -0.39 is 0 Å². The first-order chi connectivity index (χ1) is 11.7. The number of carbonyl (C=O) groups is 1. The normalized spacial score (nSPS) is 12.9. The summed E-state index contributed by atoms with van der Waals surface area (Å²) in [4.78, 5) is 13.6. The topological polar surface area (TPSA) is 29.1 Å². The van der Waals surface area contributed by atoms with Gasteiger partial charge in [-0.1, -0.05) is 38.1 Å². The molecule has 3 rings (SSSR count). The van der Waals surface area contributed by atoms with Gasteiger partial charge < -0.3 is 5.32 Å². The standard InChI is InChI=1S/C21H25NOS/c1-3-15-7-5-8-16(4-2)21(15)22-20(23)14-24-19-12-11-17-9-6-10-18(17)13-19/h5,7-8,11-13H,3-4,6,9-10,14H2,1-2H3,(H,22,23). The summed E-state index contributed by atoms with van der Waals surface area (Å²) in [5.74, 6) is 0.538. The van der Waals surface area contributed by atoms with Crippen molar-refractivity contribution in [3.05, 3.63) is 58.7 Å². The zero-order valence-electron chi connectivity index (χ0n) is 14.5. The molecule has 126 valence electrons. The molecule has 0 saturated carbocycles. The molecule has 0 spiro atoms. The first-order valence-electron chi connectivity index (χ1n) is 8.86. The molecule has 2 aromatic carbocycles. The van der Waals surface area contributed by atoms with Gasteiger partial charge in [0.15, 0.2) is 0 Å². The predicted octanol–water partition coefficient (Wildman–Crippen LogP) is 5.03. The van der Waals surface area contributed by atoms with Gasteiger partial charge >= 0.3 is 0 Å². The van der Waals surface area contributed by atoms with Gasteiger partial charge in [0.2, 0.25) is 5.91 Å². The van der Waals surface area contributed by atoms with Crippen LogP contribution in [0.5, 0.6) is 0 Å². The minimum Gasteiger partial charge on any atom is -0.325 e. The Balaban J connectivity index is 1.64. The third-order valence-electron chi connectivity index (χ3n) is 4.70. The molecule has 1 N–H and O–H groups in total. The van der Waals surface area contributed by atoms with E-state index >= 15 is 0 Å². The van der Waals surface area contributed by atoms with E-state index in [-0.39, 0.29) is 5.91 Å².